The maximum atomic E-state index is 13.5. The van der Waals surface area contributed by atoms with Crippen molar-refractivity contribution in [3.8, 4) is 11.4 Å². The van der Waals surface area contributed by atoms with Crippen LogP contribution in [0.5, 0.6) is 0 Å². The third-order valence-corrected chi connectivity index (χ3v) is 7.25. The fourth-order valence-corrected chi connectivity index (χ4v) is 5.34. The van der Waals surface area contributed by atoms with Crippen LogP contribution in [0, 0.1) is 5.92 Å². The summed E-state index contributed by atoms with van der Waals surface area (Å²) in [4.78, 5) is 21.2. The summed E-state index contributed by atoms with van der Waals surface area (Å²) in [6, 6.07) is 3.50. The van der Waals surface area contributed by atoms with Gasteiger partial charge in [0, 0.05) is 44.6 Å². The van der Waals surface area contributed by atoms with Crippen LogP contribution < -0.4 is 0 Å². The lowest BCUT2D eigenvalue weighted by Crippen LogP contribution is -2.34. The van der Waals surface area contributed by atoms with Gasteiger partial charge in [-0.05, 0) is 49.3 Å². The standard InChI is InChI=1S/C23H26ClF3N4O2/c24-18-10-15(21-28-19(33-29-21)13-30-7-3-17(25)4-8-30)9-16-12-31(22(32)20(16)18)11-14-1-5-23(26,27)6-2-14/h9-10,14,17H,1-8,11-13H2. The van der Waals surface area contributed by atoms with E-state index in [0.717, 1.165) is 5.56 Å². The van der Waals surface area contributed by atoms with E-state index < -0.39 is 12.1 Å². The van der Waals surface area contributed by atoms with Gasteiger partial charge in [-0.25, -0.2) is 13.2 Å². The number of aromatic nitrogens is 2. The van der Waals surface area contributed by atoms with E-state index in [9.17, 15) is 18.0 Å². The lowest BCUT2D eigenvalue weighted by molar-refractivity contribution is -0.0480. The van der Waals surface area contributed by atoms with Crippen molar-refractivity contribution in [3.05, 3.63) is 34.2 Å². The average Bonchev–Trinajstić information content (AvgIpc) is 3.36. The lowest BCUT2D eigenvalue weighted by atomic mass is 9.86. The maximum absolute atomic E-state index is 13.5. The summed E-state index contributed by atoms with van der Waals surface area (Å²) in [5, 5.41) is 4.38. The van der Waals surface area contributed by atoms with Gasteiger partial charge in [0.25, 0.3) is 5.91 Å². The number of rotatable bonds is 5. The molecule has 0 atom stereocenters. The Hall–Kier alpha value is -2.13. The van der Waals surface area contributed by atoms with Crippen molar-refractivity contribution >= 4 is 17.5 Å². The minimum atomic E-state index is -2.58. The molecule has 1 amide bonds. The highest BCUT2D eigenvalue weighted by Crippen LogP contribution is 2.39. The quantitative estimate of drug-likeness (QED) is 0.593. The van der Waals surface area contributed by atoms with Gasteiger partial charge in [-0.15, -0.1) is 0 Å². The highest BCUT2D eigenvalue weighted by molar-refractivity contribution is 6.34. The van der Waals surface area contributed by atoms with Gasteiger partial charge in [0.2, 0.25) is 17.6 Å². The molecule has 1 saturated carbocycles. The number of carbonyl (C=O) groups excluding carboxylic acids is 1. The molecule has 1 aliphatic carbocycles. The molecular formula is C23H26ClF3N4O2. The number of hydrogen-bond acceptors (Lipinski definition) is 5. The van der Waals surface area contributed by atoms with Crippen LogP contribution in [-0.2, 0) is 13.1 Å². The first-order valence-corrected chi connectivity index (χ1v) is 11.8. The number of halogens is 4. The van der Waals surface area contributed by atoms with Crippen LogP contribution in [0.25, 0.3) is 11.4 Å². The molecule has 10 heteroatoms. The monoisotopic (exact) mass is 482 g/mol. The normalized spacial score (nSPS) is 22.2. The zero-order valence-corrected chi connectivity index (χ0v) is 19.0. The number of amides is 1. The molecule has 2 fully saturated rings. The molecule has 0 N–H and O–H groups in total. The Morgan fingerprint density at radius 3 is 2.61 bits per heavy atom. The fraction of sp³-hybridized carbons (Fsp3) is 0.609. The molecule has 5 rings (SSSR count). The maximum Gasteiger partial charge on any atom is 0.256 e. The van der Waals surface area contributed by atoms with E-state index in [1.165, 1.54) is 0 Å². The van der Waals surface area contributed by atoms with Gasteiger partial charge in [-0.1, -0.05) is 16.8 Å². The molecule has 2 aliphatic heterocycles. The van der Waals surface area contributed by atoms with Gasteiger partial charge in [0.1, 0.15) is 6.17 Å². The third-order valence-electron chi connectivity index (χ3n) is 6.95. The average molecular weight is 483 g/mol. The largest absolute Gasteiger partial charge is 0.338 e. The number of benzene rings is 1. The molecule has 1 aromatic carbocycles. The molecule has 0 unspecified atom stereocenters. The van der Waals surface area contributed by atoms with Crippen LogP contribution in [0.4, 0.5) is 13.2 Å². The van der Waals surface area contributed by atoms with Crippen molar-refractivity contribution in [2.75, 3.05) is 19.6 Å². The summed E-state index contributed by atoms with van der Waals surface area (Å²) >= 11 is 6.46. The van der Waals surface area contributed by atoms with E-state index in [4.69, 9.17) is 16.1 Å². The van der Waals surface area contributed by atoms with Crippen LogP contribution in [0.1, 0.15) is 60.3 Å². The summed E-state index contributed by atoms with van der Waals surface area (Å²) in [6.07, 6.45) is 0.869. The van der Waals surface area contributed by atoms with E-state index >= 15 is 0 Å². The van der Waals surface area contributed by atoms with Crippen LogP contribution in [0.3, 0.4) is 0 Å². The molecule has 178 valence electrons. The smallest absolute Gasteiger partial charge is 0.256 e. The minimum Gasteiger partial charge on any atom is -0.338 e. The molecule has 3 heterocycles. The van der Waals surface area contributed by atoms with Crippen LogP contribution in [0.15, 0.2) is 16.7 Å². The van der Waals surface area contributed by atoms with Crippen molar-refractivity contribution in [1.82, 2.24) is 19.9 Å². The van der Waals surface area contributed by atoms with Crippen LogP contribution >= 0.6 is 11.6 Å². The Morgan fingerprint density at radius 2 is 1.88 bits per heavy atom. The lowest BCUT2D eigenvalue weighted by Gasteiger charge is -2.30. The minimum absolute atomic E-state index is 0.0726. The van der Waals surface area contributed by atoms with Gasteiger partial charge in [-0.2, -0.15) is 4.98 Å². The number of alkyl halides is 3. The number of likely N-dealkylation sites (tertiary alicyclic amines) is 1. The molecule has 1 saturated heterocycles. The summed E-state index contributed by atoms with van der Waals surface area (Å²) < 4.78 is 45.6. The summed E-state index contributed by atoms with van der Waals surface area (Å²) in [5.74, 6) is -1.84. The van der Waals surface area contributed by atoms with E-state index in [1.807, 2.05) is 6.07 Å². The molecule has 1 aromatic heterocycles. The third kappa shape index (κ3) is 4.89. The zero-order chi connectivity index (χ0) is 23.2. The number of nitrogens with zero attached hydrogens (tertiary/aromatic N) is 4. The highest BCUT2D eigenvalue weighted by atomic mass is 35.5. The van der Waals surface area contributed by atoms with Crippen LogP contribution in [0.2, 0.25) is 5.02 Å². The van der Waals surface area contributed by atoms with E-state index in [-0.39, 0.29) is 24.7 Å². The Kier molecular flexibility index (Phi) is 6.11. The van der Waals surface area contributed by atoms with Crippen molar-refractivity contribution in [3.63, 3.8) is 0 Å². The number of carbonyl (C=O) groups is 1. The Labute approximate surface area is 195 Å². The first-order valence-electron chi connectivity index (χ1n) is 11.5. The predicted octanol–water partition coefficient (Wildman–Crippen LogP) is 5.11. The summed E-state index contributed by atoms with van der Waals surface area (Å²) in [5.41, 5.74) is 1.89. The van der Waals surface area contributed by atoms with Crippen molar-refractivity contribution in [2.24, 2.45) is 5.92 Å². The molecule has 33 heavy (non-hydrogen) atoms. The predicted molar refractivity (Wildman–Crippen MR) is 116 cm³/mol. The first-order chi connectivity index (χ1) is 15.8. The van der Waals surface area contributed by atoms with Gasteiger partial charge >= 0.3 is 0 Å². The second kappa shape index (κ2) is 8.91. The summed E-state index contributed by atoms with van der Waals surface area (Å²) in [7, 11) is 0. The number of hydrogen-bond donors (Lipinski definition) is 0. The Bertz CT molecular complexity index is 1030. The Morgan fingerprint density at radius 1 is 1.15 bits per heavy atom. The highest BCUT2D eigenvalue weighted by Gasteiger charge is 2.38. The van der Waals surface area contributed by atoms with E-state index in [0.29, 0.717) is 86.3 Å². The van der Waals surface area contributed by atoms with Gasteiger partial charge < -0.3 is 9.42 Å². The molecule has 6 nitrogen and oxygen atoms in total. The number of piperidine rings is 1. The second-order valence-electron chi connectivity index (χ2n) is 9.44. The van der Waals surface area contributed by atoms with Crippen molar-refractivity contribution in [1.29, 1.82) is 0 Å². The van der Waals surface area contributed by atoms with E-state index in [2.05, 4.69) is 15.0 Å². The second-order valence-corrected chi connectivity index (χ2v) is 9.85. The topological polar surface area (TPSA) is 62.5 Å². The molecule has 0 radical (unpaired) electrons. The number of fused-ring (bicyclic) bond motifs is 1. The molecule has 3 aliphatic rings. The molecular weight excluding hydrogens is 457 g/mol. The van der Waals surface area contributed by atoms with Gasteiger partial charge in [-0.3, -0.25) is 9.69 Å². The summed E-state index contributed by atoms with van der Waals surface area (Å²) in [6.45, 7) is 2.61. The molecule has 0 spiro atoms. The SMILES string of the molecule is O=C1c2c(Cl)cc(-c3noc(CN4CCC(F)CC4)n3)cc2CN1CC1CCC(F)(F)CC1. The Balaban J connectivity index is 1.27. The van der Waals surface area contributed by atoms with Crippen molar-refractivity contribution < 1.29 is 22.5 Å². The fourth-order valence-electron chi connectivity index (χ4n) is 5.02. The molecule has 2 aromatic rings. The zero-order valence-electron chi connectivity index (χ0n) is 18.2. The van der Waals surface area contributed by atoms with Crippen LogP contribution in [-0.4, -0.2) is 57.6 Å². The molecule has 0 bridgehead atoms. The van der Waals surface area contributed by atoms with Crippen molar-refractivity contribution in [2.45, 2.75) is 63.7 Å². The van der Waals surface area contributed by atoms with Gasteiger partial charge in [0.15, 0.2) is 0 Å². The first kappa shape index (κ1) is 22.7. The van der Waals surface area contributed by atoms with E-state index in [1.54, 1.807) is 11.0 Å². The van der Waals surface area contributed by atoms with Gasteiger partial charge in [0.05, 0.1) is 17.1 Å².